The first-order chi connectivity index (χ1) is 17.0. The molecule has 1 fully saturated rings. The summed E-state index contributed by atoms with van der Waals surface area (Å²) in [6.45, 7) is 0. The van der Waals surface area contributed by atoms with Crippen molar-refractivity contribution >= 4 is 23.3 Å². The first-order valence-electron chi connectivity index (χ1n) is 10.8. The molecule has 202 valence electrons. The van der Waals surface area contributed by atoms with Gasteiger partial charge in [0.05, 0.1) is 16.1 Å². The van der Waals surface area contributed by atoms with Crippen molar-refractivity contribution in [3.8, 4) is 0 Å². The highest BCUT2D eigenvalue weighted by Gasteiger charge is 2.41. The molecule has 3 rings (SSSR count). The van der Waals surface area contributed by atoms with Crippen LogP contribution in [0, 0.1) is 5.82 Å². The van der Waals surface area contributed by atoms with E-state index in [0.717, 1.165) is 12.1 Å². The number of carbonyl (C=O) groups is 1. The maximum Gasteiger partial charge on any atom is 0.417 e. The molecule has 2 aromatic rings. The van der Waals surface area contributed by atoms with E-state index in [0.29, 0.717) is 18.2 Å². The fourth-order valence-electron chi connectivity index (χ4n) is 3.90. The minimum Gasteiger partial charge on any atom is -0.349 e. The van der Waals surface area contributed by atoms with Crippen molar-refractivity contribution in [2.45, 2.75) is 55.9 Å². The lowest BCUT2D eigenvalue weighted by Crippen LogP contribution is -2.40. The van der Waals surface area contributed by atoms with Gasteiger partial charge in [-0.2, -0.15) is 26.3 Å². The van der Waals surface area contributed by atoms with Crippen LogP contribution < -0.4 is 5.32 Å². The molecule has 0 aliphatic heterocycles. The number of carbonyl (C=O) groups excluding carboxylic acids is 1. The van der Waals surface area contributed by atoms with E-state index in [1.807, 2.05) is 0 Å². The van der Waals surface area contributed by atoms with Gasteiger partial charge >= 0.3 is 12.4 Å². The Bertz CT molecular complexity index is 1180. The van der Waals surface area contributed by atoms with E-state index < -0.39 is 87.9 Å². The van der Waals surface area contributed by atoms with E-state index in [2.05, 4.69) is 5.32 Å². The first kappa shape index (κ1) is 28.8. The van der Waals surface area contributed by atoms with Gasteiger partial charge in [-0.15, -0.1) is 0 Å². The van der Waals surface area contributed by atoms with E-state index in [1.54, 1.807) is 0 Å². The van der Waals surface area contributed by atoms with E-state index in [9.17, 15) is 48.7 Å². The summed E-state index contributed by atoms with van der Waals surface area (Å²) in [5.41, 5.74) is -4.23. The summed E-state index contributed by atoms with van der Waals surface area (Å²) in [5, 5.41) is 1.76. The van der Waals surface area contributed by atoms with Crippen molar-refractivity contribution in [3.63, 3.8) is 0 Å². The third-order valence-corrected chi connectivity index (χ3v) is 6.17. The SMILES string of the molecule is O=C(NC1CCC(F)(F)CC1)c1ccc(/C(F)=C/C(c2ccc(Cl)c(F)c2)C(F)(F)F)cc1C(F)(F)F. The summed E-state index contributed by atoms with van der Waals surface area (Å²) < 4.78 is 137. The van der Waals surface area contributed by atoms with Crippen LogP contribution in [0.1, 0.15) is 58.6 Å². The Morgan fingerprint density at radius 2 is 1.65 bits per heavy atom. The highest BCUT2D eigenvalue weighted by atomic mass is 35.5. The van der Waals surface area contributed by atoms with Crippen molar-refractivity contribution in [1.29, 1.82) is 0 Å². The van der Waals surface area contributed by atoms with Crippen molar-refractivity contribution < 1.29 is 48.7 Å². The van der Waals surface area contributed by atoms with Crippen LogP contribution in [0.2, 0.25) is 5.02 Å². The molecular weight excluding hydrogens is 544 g/mol. The van der Waals surface area contributed by atoms with Crippen LogP contribution in [-0.4, -0.2) is 24.0 Å². The second-order valence-electron chi connectivity index (χ2n) is 8.57. The van der Waals surface area contributed by atoms with Gasteiger partial charge in [0.2, 0.25) is 5.92 Å². The molecule has 13 heteroatoms. The van der Waals surface area contributed by atoms with Gasteiger partial charge in [-0.05, 0) is 48.7 Å². The normalized spacial score (nSPS) is 18.0. The summed E-state index contributed by atoms with van der Waals surface area (Å²) in [7, 11) is 0. The Morgan fingerprint density at radius 1 is 1.03 bits per heavy atom. The molecule has 0 aromatic heterocycles. The minimum absolute atomic E-state index is 0.0138. The Balaban J connectivity index is 1.94. The molecule has 2 nitrogen and oxygen atoms in total. The van der Waals surface area contributed by atoms with Crippen LogP contribution in [0.5, 0.6) is 0 Å². The fraction of sp³-hybridized carbons (Fsp3) is 0.375. The van der Waals surface area contributed by atoms with Crippen molar-refractivity contribution in [2.24, 2.45) is 0 Å². The summed E-state index contributed by atoms with van der Waals surface area (Å²) in [6, 6.07) is 2.68. The molecule has 0 bridgehead atoms. The second-order valence-corrected chi connectivity index (χ2v) is 8.98. The smallest absolute Gasteiger partial charge is 0.349 e. The van der Waals surface area contributed by atoms with Crippen LogP contribution in [0.25, 0.3) is 5.83 Å². The molecule has 2 aromatic carbocycles. The Hall–Kier alpha value is -2.76. The molecule has 1 atom stereocenters. The third kappa shape index (κ3) is 7.18. The molecule has 1 aliphatic rings. The Kier molecular flexibility index (Phi) is 8.21. The number of allylic oxidation sites excluding steroid dienone is 1. The summed E-state index contributed by atoms with van der Waals surface area (Å²) in [5.74, 6) is -9.82. The summed E-state index contributed by atoms with van der Waals surface area (Å²) in [4.78, 5) is 12.5. The molecule has 37 heavy (non-hydrogen) atoms. The summed E-state index contributed by atoms with van der Waals surface area (Å²) in [6.07, 6.45) is -11.8. The molecule has 0 spiro atoms. The number of hydrogen-bond donors (Lipinski definition) is 1. The molecule has 1 saturated carbocycles. The molecule has 0 radical (unpaired) electrons. The zero-order valence-corrected chi connectivity index (χ0v) is 19.3. The van der Waals surface area contributed by atoms with Crippen molar-refractivity contribution in [3.05, 3.63) is 75.6 Å². The largest absolute Gasteiger partial charge is 0.417 e. The van der Waals surface area contributed by atoms with Gasteiger partial charge in [0.1, 0.15) is 17.6 Å². The standard InChI is InChI=1S/C24H18ClF10NO/c25-18-4-2-12(10-20(18)27)16(23(30,31)32)11-19(26)13-1-3-15(17(9-13)24(33,34)35)21(37)36-14-5-7-22(28,29)8-6-14/h1-4,9-11,14,16H,5-8H2,(H,36,37)/b19-11-. The molecule has 0 saturated heterocycles. The predicted octanol–water partition coefficient (Wildman–Crippen LogP) is 8.46. The number of amides is 1. The highest BCUT2D eigenvalue weighted by Crippen LogP contribution is 2.40. The lowest BCUT2D eigenvalue weighted by molar-refractivity contribution is -0.140. The lowest BCUT2D eigenvalue weighted by atomic mass is 9.91. The van der Waals surface area contributed by atoms with Crippen LogP contribution in [0.3, 0.4) is 0 Å². The lowest BCUT2D eigenvalue weighted by Gasteiger charge is -2.29. The molecule has 1 amide bonds. The van der Waals surface area contributed by atoms with Crippen LogP contribution in [0.15, 0.2) is 42.5 Å². The van der Waals surface area contributed by atoms with Gasteiger partial charge in [-0.3, -0.25) is 4.79 Å². The van der Waals surface area contributed by atoms with E-state index >= 15 is 0 Å². The van der Waals surface area contributed by atoms with E-state index in [1.165, 1.54) is 0 Å². The molecule has 1 aliphatic carbocycles. The predicted molar refractivity (Wildman–Crippen MR) is 115 cm³/mol. The van der Waals surface area contributed by atoms with Gasteiger partial charge in [-0.25, -0.2) is 17.6 Å². The van der Waals surface area contributed by atoms with Crippen LogP contribution in [-0.2, 0) is 6.18 Å². The monoisotopic (exact) mass is 561 g/mol. The summed E-state index contributed by atoms with van der Waals surface area (Å²) >= 11 is 5.46. The first-order valence-corrected chi connectivity index (χ1v) is 11.1. The van der Waals surface area contributed by atoms with Gasteiger partial charge in [0, 0.05) is 24.4 Å². The molecular formula is C24H18ClF10NO. The van der Waals surface area contributed by atoms with Crippen LogP contribution in [0.4, 0.5) is 43.9 Å². The zero-order valence-electron chi connectivity index (χ0n) is 18.6. The number of hydrogen-bond acceptors (Lipinski definition) is 1. The minimum atomic E-state index is -5.20. The van der Waals surface area contributed by atoms with Gasteiger partial charge < -0.3 is 5.32 Å². The van der Waals surface area contributed by atoms with Crippen LogP contribution >= 0.6 is 11.6 Å². The number of rotatable bonds is 5. The molecule has 1 unspecified atom stereocenters. The Labute approximate surface area is 209 Å². The number of halogens is 11. The average molecular weight is 562 g/mol. The second kappa shape index (κ2) is 10.5. The van der Waals surface area contributed by atoms with Gasteiger partial charge in [0.25, 0.3) is 5.91 Å². The quantitative estimate of drug-likeness (QED) is 0.365. The third-order valence-electron chi connectivity index (χ3n) is 5.87. The Morgan fingerprint density at radius 3 is 2.19 bits per heavy atom. The van der Waals surface area contributed by atoms with Gasteiger partial charge in [0.15, 0.2) is 0 Å². The number of benzene rings is 2. The molecule has 1 N–H and O–H groups in total. The average Bonchev–Trinajstić information content (AvgIpc) is 2.79. The van der Waals surface area contributed by atoms with Gasteiger partial charge in [-0.1, -0.05) is 23.7 Å². The van der Waals surface area contributed by atoms with Crippen molar-refractivity contribution in [2.75, 3.05) is 0 Å². The number of nitrogens with one attached hydrogen (secondary N) is 1. The maximum atomic E-state index is 14.8. The van der Waals surface area contributed by atoms with Crippen molar-refractivity contribution in [1.82, 2.24) is 5.32 Å². The fourth-order valence-corrected chi connectivity index (χ4v) is 4.02. The topological polar surface area (TPSA) is 29.1 Å². The molecule has 0 heterocycles. The zero-order chi connectivity index (χ0) is 27.8. The van der Waals surface area contributed by atoms with E-state index in [4.69, 9.17) is 11.6 Å². The number of alkyl halides is 8. The highest BCUT2D eigenvalue weighted by molar-refractivity contribution is 6.30. The maximum absolute atomic E-state index is 14.8. The van der Waals surface area contributed by atoms with E-state index in [-0.39, 0.29) is 25.0 Å².